The maximum absolute atomic E-state index is 12.8. The molecule has 1 aromatic carbocycles. The van der Waals surface area contributed by atoms with Crippen LogP contribution in [0.5, 0.6) is 5.75 Å². The van der Waals surface area contributed by atoms with Crippen molar-refractivity contribution < 1.29 is 24.6 Å². The number of carboxylic acid groups (broad SMARTS) is 1. The van der Waals surface area contributed by atoms with Gasteiger partial charge in [0.2, 0.25) is 11.8 Å². The summed E-state index contributed by atoms with van der Waals surface area (Å²) in [4.78, 5) is 36.8. The molecule has 2 amide bonds. The Bertz CT molecular complexity index is 686. The molecule has 0 bridgehead atoms. The first-order chi connectivity index (χ1) is 14.3. The minimum absolute atomic E-state index is 0.0775. The SMILES string of the molecule is CSCC[C@H](NC(=O)[C@H](Cc1ccc(O)cc1)NC(=O)[C@@H](N)CCCCN)C(=O)O. The van der Waals surface area contributed by atoms with E-state index < -0.39 is 35.9 Å². The van der Waals surface area contributed by atoms with E-state index in [0.29, 0.717) is 30.7 Å². The molecular weight excluding hydrogens is 408 g/mol. The molecule has 1 aromatic rings. The van der Waals surface area contributed by atoms with Crippen LogP contribution in [0.25, 0.3) is 0 Å². The van der Waals surface area contributed by atoms with E-state index in [1.165, 1.54) is 23.9 Å². The summed E-state index contributed by atoms with van der Waals surface area (Å²) >= 11 is 1.48. The average Bonchev–Trinajstić information content (AvgIpc) is 2.71. The van der Waals surface area contributed by atoms with Crippen LogP contribution >= 0.6 is 11.8 Å². The second-order valence-electron chi connectivity index (χ2n) is 7.00. The molecule has 0 fully saturated rings. The van der Waals surface area contributed by atoms with E-state index in [2.05, 4.69) is 10.6 Å². The van der Waals surface area contributed by atoms with Crippen molar-refractivity contribution in [2.75, 3.05) is 18.6 Å². The van der Waals surface area contributed by atoms with Crippen molar-refractivity contribution in [3.05, 3.63) is 29.8 Å². The lowest BCUT2D eigenvalue weighted by molar-refractivity contribution is -0.142. The molecule has 8 N–H and O–H groups in total. The maximum Gasteiger partial charge on any atom is 0.326 e. The van der Waals surface area contributed by atoms with Gasteiger partial charge in [-0.05, 0) is 55.5 Å². The Balaban J connectivity index is 2.89. The summed E-state index contributed by atoms with van der Waals surface area (Å²) in [5, 5.41) is 24.0. The fraction of sp³-hybridized carbons (Fsp3) is 0.550. The highest BCUT2D eigenvalue weighted by atomic mass is 32.2. The number of carbonyl (C=O) groups is 3. The third kappa shape index (κ3) is 9.47. The average molecular weight is 441 g/mol. The van der Waals surface area contributed by atoms with Crippen LogP contribution in [-0.2, 0) is 20.8 Å². The number of hydrogen-bond acceptors (Lipinski definition) is 7. The molecule has 3 atom stereocenters. The van der Waals surface area contributed by atoms with E-state index in [1.807, 2.05) is 6.26 Å². The van der Waals surface area contributed by atoms with Gasteiger partial charge in [-0.1, -0.05) is 18.6 Å². The van der Waals surface area contributed by atoms with Crippen LogP contribution in [0.1, 0.15) is 31.2 Å². The van der Waals surface area contributed by atoms with Crippen LogP contribution in [-0.4, -0.2) is 64.7 Å². The van der Waals surface area contributed by atoms with E-state index in [-0.39, 0.29) is 18.6 Å². The van der Waals surface area contributed by atoms with E-state index in [1.54, 1.807) is 12.1 Å². The number of nitrogens with one attached hydrogen (secondary N) is 2. The molecule has 0 spiro atoms. The molecule has 30 heavy (non-hydrogen) atoms. The highest BCUT2D eigenvalue weighted by molar-refractivity contribution is 7.98. The molecule has 0 heterocycles. The summed E-state index contributed by atoms with van der Waals surface area (Å²) in [6.45, 7) is 0.507. The van der Waals surface area contributed by atoms with Gasteiger partial charge in [-0.3, -0.25) is 9.59 Å². The van der Waals surface area contributed by atoms with Crippen molar-refractivity contribution in [1.29, 1.82) is 0 Å². The molecule has 0 radical (unpaired) electrons. The largest absolute Gasteiger partial charge is 0.508 e. The maximum atomic E-state index is 12.8. The van der Waals surface area contributed by atoms with Crippen molar-refractivity contribution in [2.24, 2.45) is 11.5 Å². The zero-order valence-electron chi connectivity index (χ0n) is 17.2. The van der Waals surface area contributed by atoms with Crippen LogP contribution in [0.2, 0.25) is 0 Å². The Hall–Kier alpha value is -2.30. The quantitative estimate of drug-likeness (QED) is 0.223. The van der Waals surface area contributed by atoms with E-state index in [9.17, 15) is 24.6 Å². The zero-order valence-corrected chi connectivity index (χ0v) is 18.0. The number of phenolic OH excluding ortho intramolecular Hbond substituents is 1. The minimum Gasteiger partial charge on any atom is -0.508 e. The van der Waals surface area contributed by atoms with Gasteiger partial charge in [-0.25, -0.2) is 4.79 Å². The van der Waals surface area contributed by atoms with Crippen LogP contribution in [0.3, 0.4) is 0 Å². The van der Waals surface area contributed by atoms with Gasteiger partial charge in [0.1, 0.15) is 17.8 Å². The van der Waals surface area contributed by atoms with Crippen molar-refractivity contribution >= 4 is 29.5 Å². The summed E-state index contributed by atoms with van der Waals surface area (Å²) in [5.74, 6) is -1.57. The Labute approximate surface area is 181 Å². The fourth-order valence-corrected chi connectivity index (χ4v) is 3.23. The Morgan fingerprint density at radius 1 is 1.03 bits per heavy atom. The van der Waals surface area contributed by atoms with Gasteiger partial charge in [-0.2, -0.15) is 11.8 Å². The van der Waals surface area contributed by atoms with E-state index >= 15 is 0 Å². The standard InChI is InChI=1S/C20H32N4O5S/c1-30-11-9-16(20(28)29)23-19(27)17(12-13-5-7-14(25)8-6-13)24-18(26)15(22)4-2-3-10-21/h5-8,15-17,25H,2-4,9-12,21-22H2,1H3,(H,23,27)(H,24,26)(H,28,29)/t15-,16-,17-/m0/s1. The number of unbranched alkanes of at least 4 members (excludes halogenated alkanes) is 1. The summed E-state index contributed by atoms with van der Waals surface area (Å²) in [7, 11) is 0. The number of carbonyl (C=O) groups excluding carboxylic acids is 2. The lowest BCUT2D eigenvalue weighted by Gasteiger charge is -2.23. The number of amides is 2. The molecule has 168 valence electrons. The van der Waals surface area contributed by atoms with Gasteiger partial charge in [0.15, 0.2) is 0 Å². The number of aliphatic carboxylic acids is 1. The van der Waals surface area contributed by atoms with Gasteiger partial charge >= 0.3 is 5.97 Å². The van der Waals surface area contributed by atoms with Gasteiger partial charge in [0, 0.05) is 6.42 Å². The first kappa shape index (κ1) is 25.7. The third-order valence-electron chi connectivity index (χ3n) is 4.54. The Morgan fingerprint density at radius 3 is 2.23 bits per heavy atom. The number of nitrogens with two attached hydrogens (primary N) is 2. The number of hydrogen-bond donors (Lipinski definition) is 6. The lowest BCUT2D eigenvalue weighted by atomic mass is 10.0. The minimum atomic E-state index is -1.13. The summed E-state index contributed by atoms with van der Waals surface area (Å²) in [5.41, 5.74) is 12.1. The summed E-state index contributed by atoms with van der Waals surface area (Å²) in [6.07, 6.45) is 4.11. The molecule has 0 aliphatic heterocycles. The van der Waals surface area contributed by atoms with Crippen molar-refractivity contribution in [2.45, 2.75) is 50.2 Å². The predicted molar refractivity (Wildman–Crippen MR) is 117 cm³/mol. The third-order valence-corrected chi connectivity index (χ3v) is 5.18. The number of carboxylic acids is 1. The number of phenols is 1. The molecular formula is C20H32N4O5S. The Kier molecular flexibility index (Phi) is 11.9. The Morgan fingerprint density at radius 2 is 1.67 bits per heavy atom. The van der Waals surface area contributed by atoms with Gasteiger partial charge in [0.25, 0.3) is 0 Å². The second-order valence-corrected chi connectivity index (χ2v) is 7.99. The predicted octanol–water partition coefficient (Wildman–Crippen LogP) is 0.198. The first-order valence-corrected chi connectivity index (χ1v) is 11.2. The van der Waals surface area contributed by atoms with E-state index in [0.717, 1.165) is 6.42 Å². The number of aromatic hydroxyl groups is 1. The van der Waals surface area contributed by atoms with Crippen LogP contribution in [0, 0.1) is 0 Å². The highest BCUT2D eigenvalue weighted by Crippen LogP contribution is 2.12. The van der Waals surface area contributed by atoms with Crippen LogP contribution in [0.15, 0.2) is 24.3 Å². The normalized spacial score (nSPS) is 13.8. The molecule has 1 rings (SSSR count). The smallest absolute Gasteiger partial charge is 0.326 e. The molecule has 0 saturated heterocycles. The monoisotopic (exact) mass is 440 g/mol. The van der Waals surface area contributed by atoms with Gasteiger partial charge < -0.3 is 32.3 Å². The molecule has 10 heteroatoms. The number of benzene rings is 1. The number of thioether (sulfide) groups is 1. The molecule has 0 aliphatic carbocycles. The van der Waals surface area contributed by atoms with Crippen molar-refractivity contribution in [3.63, 3.8) is 0 Å². The fourth-order valence-electron chi connectivity index (χ4n) is 2.76. The van der Waals surface area contributed by atoms with Crippen LogP contribution < -0.4 is 22.1 Å². The second kappa shape index (κ2) is 13.8. The van der Waals surface area contributed by atoms with Crippen molar-refractivity contribution in [3.8, 4) is 5.75 Å². The lowest BCUT2D eigenvalue weighted by Crippen LogP contribution is -2.55. The molecule has 0 aliphatic rings. The van der Waals surface area contributed by atoms with Crippen molar-refractivity contribution in [1.82, 2.24) is 10.6 Å². The molecule has 0 unspecified atom stereocenters. The molecule has 0 saturated carbocycles. The molecule has 9 nitrogen and oxygen atoms in total. The highest BCUT2D eigenvalue weighted by Gasteiger charge is 2.28. The summed E-state index contributed by atoms with van der Waals surface area (Å²) < 4.78 is 0. The van der Waals surface area contributed by atoms with Gasteiger partial charge in [0.05, 0.1) is 6.04 Å². The van der Waals surface area contributed by atoms with Crippen LogP contribution in [0.4, 0.5) is 0 Å². The van der Waals surface area contributed by atoms with Gasteiger partial charge in [-0.15, -0.1) is 0 Å². The molecule has 0 aromatic heterocycles. The first-order valence-electron chi connectivity index (χ1n) is 9.84. The summed E-state index contributed by atoms with van der Waals surface area (Å²) in [6, 6.07) is 3.36. The van der Waals surface area contributed by atoms with E-state index in [4.69, 9.17) is 11.5 Å². The zero-order chi connectivity index (χ0) is 22.5. The number of rotatable bonds is 14. The topological polar surface area (TPSA) is 168 Å².